The molecule has 2 N–H and O–H groups in total. The highest BCUT2D eigenvalue weighted by molar-refractivity contribution is 5.82. The zero-order valence-corrected chi connectivity index (χ0v) is 12.0. The van der Waals surface area contributed by atoms with Crippen LogP contribution in [0.2, 0.25) is 0 Å². The molecule has 0 radical (unpaired) electrons. The van der Waals surface area contributed by atoms with Crippen LogP contribution in [0.5, 0.6) is 0 Å². The van der Waals surface area contributed by atoms with Crippen LogP contribution in [0.15, 0.2) is 0 Å². The van der Waals surface area contributed by atoms with Crippen molar-refractivity contribution >= 4 is 11.8 Å². The largest absolute Gasteiger partial charge is 0.354 e. The molecule has 0 aliphatic heterocycles. The minimum Gasteiger partial charge on any atom is -0.354 e. The van der Waals surface area contributed by atoms with E-state index in [-0.39, 0.29) is 35.7 Å². The summed E-state index contributed by atoms with van der Waals surface area (Å²) in [6, 6.07) is 0.338. The Kier molecular flexibility index (Phi) is 5.63. The Morgan fingerprint density at radius 3 is 1.61 bits per heavy atom. The van der Waals surface area contributed by atoms with Gasteiger partial charge >= 0.3 is 0 Å². The molecular formula is C14H26N2O2. The molecule has 2 amide bonds. The molecule has 1 saturated carbocycles. The monoisotopic (exact) mass is 254 g/mol. The quantitative estimate of drug-likeness (QED) is 0.804. The zero-order chi connectivity index (χ0) is 13.7. The van der Waals surface area contributed by atoms with Crippen LogP contribution < -0.4 is 10.6 Å². The Morgan fingerprint density at radius 2 is 1.28 bits per heavy atom. The highest BCUT2D eigenvalue weighted by atomic mass is 16.2. The molecule has 18 heavy (non-hydrogen) atoms. The molecule has 4 heteroatoms. The number of hydrogen-bond acceptors (Lipinski definition) is 2. The predicted molar refractivity (Wildman–Crippen MR) is 72.0 cm³/mol. The van der Waals surface area contributed by atoms with E-state index in [4.69, 9.17) is 0 Å². The Hall–Kier alpha value is -1.06. The van der Waals surface area contributed by atoms with Gasteiger partial charge in [-0.15, -0.1) is 0 Å². The van der Waals surface area contributed by atoms with E-state index >= 15 is 0 Å². The van der Waals surface area contributed by atoms with Gasteiger partial charge in [0.05, 0.1) is 0 Å². The molecule has 2 atom stereocenters. The van der Waals surface area contributed by atoms with Crippen LogP contribution >= 0.6 is 0 Å². The first-order valence-electron chi connectivity index (χ1n) is 7.01. The second-order valence-corrected chi connectivity index (χ2v) is 5.89. The zero-order valence-electron chi connectivity index (χ0n) is 12.0. The first-order valence-corrected chi connectivity index (χ1v) is 7.01. The molecule has 0 saturated heterocycles. The van der Waals surface area contributed by atoms with E-state index in [0.717, 1.165) is 19.3 Å². The maximum atomic E-state index is 12.0. The lowest BCUT2D eigenvalue weighted by Gasteiger charge is -2.28. The SMILES string of the molecule is CC(C)NC(=O)[C@@H]1CCC[C@@H](C(=O)NC(C)C)C1. The van der Waals surface area contributed by atoms with Crippen LogP contribution in [0.1, 0.15) is 53.4 Å². The average molecular weight is 254 g/mol. The van der Waals surface area contributed by atoms with E-state index in [1.807, 2.05) is 27.7 Å². The summed E-state index contributed by atoms with van der Waals surface area (Å²) in [5, 5.41) is 5.88. The van der Waals surface area contributed by atoms with E-state index < -0.39 is 0 Å². The molecule has 104 valence electrons. The van der Waals surface area contributed by atoms with Crippen molar-refractivity contribution in [2.24, 2.45) is 11.8 Å². The fourth-order valence-electron chi connectivity index (χ4n) is 2.47. The van der Waals surface area contributed by atoms with Crippen molar-refractivity contribution in [3.8, 4) is 0 Å². The summed E-state index contributed by atoms with van der Waals surface area (Å²) in [4.78, 5) is 23.9. The summed E-state index contributed by atoms with van der Waals surface area (Å²) in [5.41, 5.74) is 0. The lowest BCUT2D eigenvalue weighted by molar-refractivity contribution is -0.130. The van der Waals surface area contributed by atoms with Gasteiger partial charge in [0.15, 0.2) is 0 Å². The van der Waals surface area contributed by atoms with Crippen LogP contribution in [0, 0.1) is 11.8 Å². The second kappa shape index (κ2) is 6.76. The number of amides is 2. The number of rotatable bonds is 4. The fraction of sp³-hybridized carbons (Fsp3) is 0.857. The van der Waals surface area contributed by atoms with Gasteiger partial charge in [0.1, 0.15) is 0 Å². The van der Waals surface area contributed by atoms with Crippen molar-refractivity contribution in [3.05, 3.63) is 0 Å². The molecule has 1 aliphatic carbocycles. The van der Waals surface area contributed by atoms with Gasteiger partial charge in [0.2, 0.25) is 11.8 Å². The summed E-state index contributed by atoms with van der Waals surface area (Å²) in [6.07, 6.45) is 3.47. The molecule has 1 rings (SSSR count). The lowest BCUT2D eigenvalue weighted by Crippen LogP contribution is -2.42. The summed E-state index contributed by atoms with van der Waals surface area (Å²) in [6.45, 7) is 7.85. The molecule has 0 aromatic heterocycles. The van der Waals surface area contributed by atoms with Crippen LogP contribution in [-0.4, -0.2) is 23.9 Å². The van der Waals surface area contributed by atoms with Gasteiger partial charge in [-0.2, -0.15) is 0 Å². The molecule has 1 aliphatic rings. The molecule has 0 aromatic rings. The molecular weight excluding hydrogens is 228 g/mol. The van der Waals surface area contributed by atoms with E-state index in [9.17, 15) is 9.59 Å². The second-order valence-electron chi connectivity index (χ2n) is 5.89. The Bertz CT molecular complexity index is 272. The minimum absolute atomic E-state index is 0.00376. The van der Waals surface area contributed by atoms with E-state index in [1.54, 1.807) is 0 Å². The molecule has 0 spiro atoms. The van der Waals surface area contributed by atoms with Crippen LogP contribution in [0.4, 0.5) is 0 Å². The normalized spacial score (nSPS) is 24.1. The Balaban J connectivity index is 2.50. The van der Waals surface area contributed by atoms with Crippen molar-refractivity contribution < 1.29 is 9.59 Å². The highest BCUT2D eigenvalue weighted by Crippen LogP contribution is 2.29. The molecule has 0 heterocycles. The highest BCUT2D eigenvalue weighted by Gasteiger charge is 2.31. The standard InChI is InChI=1S/C14H26N2O2/c1-9(2)15-13(17)11-6-5-7-12(8-11)14(18)16-10(3)4/h9-12H,5-8H2,1-4H3,(H,15,17)(H,16,18)/t11-,12-/m1/s1. The van der Waals surface area contributed by atoms with Crippen molar-refractivity contribution in [2.45, 2.75) is 65.5 Å². The molecule has 0 aromatic carbocycles. The first kappa shape index (κ1) is 15.0. The van der Waals surface area contributed by atoms with Gasteiger partial charge in [0.25, 0.3) is 0 Å². The van der Waals surface area contributed by atoms with Gasteiger partial charge < -0.3 is 10.6 Å². The first-order chi connectivity index (χ1) is 8.40. The third-order valence-corrected chi connectivity index (χ3v) is 3.28. The van der Waals surface area contributed by atoms with E-state index in [0.29, 0.717) is 6.42 Å². The van der Waals surface area contributed by atoms with Crippen molar-refractivity contribution in [1.29, 1.82) is 0 Å². The Morgan fingerprint density at radius 1 is 0.889 bits per heavy atom. The maximum absolute atomic E-state index is 12.0. The van der Waals surface area contributed by atoms with Crippen molar-refractivity contribution in [1.82, 2.24) is 10.6 Å². The van der Waals surface area contributed by atoms with Gasteiger partial charge in [-0.05, 0) is 47.0 Å². The molecule has 1 fully saturated rings. The predicted octanol–water partition coefficient (Wildman–Crippen LogP) is 1.84. The van der Waals surface area contributed by atoms with E-state index in [1.165, 1.54) is 0 Å². The molecule has 0 unspecified atom stereocenters. The van der Waals surface area contributed by atoms with Gasteiger partial charge in [-0.3, -0.25) is 9.59 Å². The third kappa shape index (κ3) is 4.67. The molecule has 4 nitrogen and oxygen atoms in total. The number of carbonyl (C=O) groups is 2. The number of hydrogen-bond donors (Lipinski definition) is 2. The van der Waals surface area contributed by atoms with Crippen LogP contribution in [-0.2, 0) is 9.59 Å². The number of nitrogens with one attached hydrogen (secondary N) is 2. The fourth-order valence-corrected chi connectivity index (χ4v) is 2.47. The maximum Gasteiger partial charge on any atom is 0.223 e. The van der Waals surface area contributed by atoms with Crippen molar-refractivity contribution in [2.75, 3.05) is 0 Å². The van der Waals surface area contributed by atoms with Crippen LogP contribution in [0.3, 0.4) is 0 Å². The summed E-state index contributed by atoms with van der Waals surface area (Å²) in [5.74, 6) is 0.215. The topological polar surface area (TPSA) is 58.2 Å². The average Bonchev–Trinajstić information content (AvgIpc) is 2.27. The van der Waals surface area contributed by atoms with Gasteiger partial charge in [-0.25, -0.2) is 0 Å². The van der Waals surface area contributed by atoms with Crippen molar-refractivity contribution in [3.63, 3.8) is 0 Å². The Labute approximate surface area is 110 Å². The smallest absolute Gasteiger partial charge is 0.223 e. The van der Waals surface area contributed by atoms with Crippen LogP contribution in [0.25, 0.3) is 0 Å². The number of carbonyl (C=O) groups excluding carboxylic acids is 2. The minimum atomic E-state index is 0.00376. The van der Waals surface area contributed by atoms with Gasteiger partial charge in [-0.1, -0.05) is 6.42 Å². The summed E-state index contributed by atoms with van der Waals surface area (Å²) < 4.78 is 0. The van der Waals surface area contributed by atoms with Gasteiger partial charge in [0, 0.05) is 23.9 Å². The third-order valence-electron chi connectivity index (χ3n) is 3.28. The van der Waals surface area contributed by atoms with E-state index in [2.05, 4.69) is 10.6 Å². The molecule has 0 bridgehead atoms. The summed E-state index contributed by atoms with van der Waals surface area (Å²) in [7, 11) is 0. The summed E-state index contributed by atoms with van der Waals surface area (Å²) >= 11 is 0. The lowest BCUT2D eigenvalue weighted by atomic mass is 9.80.